The zero-order valence-electron chi connectivity index (χ0n) is 14.6. The molecule has 3 aromatic rings. The Kier molecular flexibility index (Phi) is 9.68. The molecule has 4 N–H and O–H groups in total. The molecule has 0 bridgehead atoms. The van der Waals surface area contributed by atoms with Gasteiger partial charge < -0.3 is 30.1 Å². The van der Waals surface area contributed by atoms with E-state index < -0.39 is 0 Å². The van der Waals surface area contributed by atoms with Crippen LogP contribution in [0.1, 0.15) is 16.8 Å². The Morgan fingerprint density at radius 3 is 1.93 bits per heavy atom. The van der Waals surface area contributed by atoms with Crippen LogP contribution in [0.25, 0.3) is 0 Å². The van der Waals surface area contributed by atoms with Crippen molar-refractivity contribution in [2.75, 3.05) is 6.54 Å². The molecule has 0 saturated carbocycles. The fourth-order valence-corrected chi connectivity index (χ4v) is 2.62. The third-order valence-electron chi connectivity index (χ3n) is 3.99. The zero-order valence-corrected chi connectivity index (χ0v) is 16.1. The predicted octanol–water partition coefficient (Wildman–Crippen LogP) is -3.17. The second-order valence-corrected chi connectivity index (χ2v) is 5.89. The van der Waals surface area contributed by atoms with Crippen molar-refractivity contribution in [2.45, 2.75) is 6.42 Å². The van der Waals surface area contributed by atoms with Crippen molar-refractivity contribution in [1.82, 2.24) is 0 Å². The van der Waals surface area contributed by atoms with Gasteiger partial charge in [0.1, 0.15) is 22.9 Å². The Bertz CT molecular complexity index is 825. The molecule has 0 aliphatic carbocycles. The van der Waals surface area contributed by atoms with Crippen LogP contribution in [0, 0.1) is 5.82 Å². The molecule has 3 nitrogen and oxygen atoms in total. The normalized spacial score (nSPS) is 9.81. The lowest BCUT2D eigenvalue weighted by Gasteiger charge is -2.03. The van der Waals surface area contributed by atoms with Crippen LogP contribution in [0.2, 0.25) is 0 Å². The van der Waals surface area contributed by atoms with E-state index in [0.717, 1.165) is 11.4 Å². The van der Waals surface area contributed by atoms with Crippen molar-refractivity contribution < 1.29 is 44.6 Å². The minimum atomic E-state index is -0.324. The van der Waals surface area contributed by atoms with E-state index in [-0.39, 0.29) is 36.4 Å². The van der Waals surface area contributed by atoms with Crippen LogP contribution < -0.4 is 35.4 Å². The van der Waals surface area contributed by atoms with Gasteiger partial charge in [-0.15, -0.1) is 0 Å². The van der Waals surface area contributed by atoms with Crippen LogP contribution in [0.15, 0.2) is 78.9 Å². The number of quaternary nitrogens is 2. The van der Waals surface area contributed by atoms with Gasteiger partial charge in [-0.3, -0.25) is 10.1 Å². The van der Waals surface area contributed by atoms with Crippen molar-refractivity contribution in [1.29, 1.82) is 0 Å². The van der Waals surface area contributed by atoms with Gasteiger partial charge in [-0.2, -0.15) is 0 Å². The van der Waals surface area contributed by atoms with Gasteiger partial charge in [0.2, 0.25) is 0 Å². The first kappa shape index (κ1) is 22.8. The summed E-state index contributed by atoms with van der Waals surface area (Å²) in [5.74, 6) is -0.291. The number of ketones is 1. The van der Waals surface area contributed by atoms with E-state index in [2.05, 4.69) is 41.7 Å². The second kappa shape index (κ2) is 11.5. The first-order valence-electron chi connectivity index (χ1n) is 8.32. The summed E-state index contributed by atoms with van der Waals surface area (Å²) >= 11 is 0. The average Bonchev–Trinajstić information content (AvgIpc) is 2.64. The van der Waals surface area contributed by atoms with Crippen LogP contribution >= 0.6 is 0 Å². The number of hydrogen-bond donors (Lipinski definition) is 2. The van der Waals surface area contributed by atoms with E-state index >= 15 is 0 Å². The van der Waals surface area contributed by atoms with Crippen LogP contribution in [-0.4, -0.2) is 12.3 Å². The van der Waals surface area contributed by atoms with E-state index in [1.807, 2.05) is 23.5 Å². The number of Topliss-reactive ketones (excluding diaryl/α,β-unsaturated/α-hetero) is 1. The molecule has 0 atom stereocenters. The number of halogens is 3. The molecule has 0 spiro atoms. The van der Waals surface area contributed by atoms with Crippen molar-refractivity contribution in [3.63, 3.8) is 0 Å². The Morgan fingerprint density at radius 1 is 0.741 bits per heavy atom. The fraction of sp³-hybridized carbons (Fsp3) is 0.0952. The minimum absolute atomic E-state index is 0. The van der Waals surface area contributed by atoms with Gasteiger partial charge >= 0.3 is 0 Å². The number of hydrogen-bond acceptors (Lipinski definition) is 1. The first-order valence-corrected chi connectivity index (χ1v) is 8.32. The topological polar surface area (TPSA) is 50.3 Å². The number of carbonyl (C=O) groups excluding carboxylic acids is 1. The fourth-order valence-electron chi connectivity index (χ4n) is 2.62. The molecule has 0 fully saturated rings. The maximum Gasteiger partial charge on any atom is 0.168 e. The van der Waals surface area contributed by atoms with Gasteiger partial charge in [0.05, 0.1) is 13.0 Å². The third kappa shape index (κ3) is 7.12. The predicted molar refractivity (Wildman–Crippen MR) is 95.9 cm³/mol. The van der Waals surface area contributed by atoms with Crippen LogP contribution in [0.4, 0.5) is 21.5 Å². The number of para-hydroxylation sites is 1. The maximum absolute atomic E-state index is 12.9. The standard InChI is InChI=1S/C21H19FN2O.2ClH/c22-17-8-6-16(7-9-17)21(25)14-15-23-18-10-12-20(13-11-18)24-19-4-2-1-3-5-19;;/h1-13,23-24H,14-15H2;2*1H. The van der Waals surface area contributed by atoms with Gasteiger partial charge in [0.25, 0.3) is 0 Å². The van der Waals surface area contributed by atoms with E-state index in [9.17, 15) is 9.18 Å². The van der Waals surface area contributed by atoms with Gasteiger partial charge in [-0.25, -0.2) is 4.39 Å². The number of rotatable bonds is 7. The molecular formula is C21H21Cl2FN2O. The molecule has 3 aromatic carbocycles. The van der Waals surface area contributed by atoms with E-state index in [1.165, 1.54) is 30.0 Å². The minimum Gasteiger partial charge on any atom is -1.00 e. The van der Waals surface area contributed by atoms with Crippen LogP contribution in [-0.2, 0) is 0 Å². The van der Waals surface area contributed by atoms with Gasteiger partial charge in [-0.05, 0) is 36.4 Å². The summed E-state index contributed by atoms with van der Waals surface area (Å²) < 4.78 is 12.9. The average molecular weight is 407 g/mol. The highest BCUT2D eigenvalue weighted by molar-refractivity contribution is 5.96. The number of carbonyl (C=O) groups is 1. The summed E-state index contributed by atoms with van der Waals surface area (Å²) in [6.45, 7) is 0.665. The van der Waals surface area contributed by atoms with Gasteiger partial charge in [0, 0.05) is 29.8 Å². The SMILES string of the molecule is O=C(CC[NH2+]c1ccc([NH2+]c2ccccc2)cc1)c1ccc(F)cc1.[Cl-].[Cl-]. The van der Waals surface area contributed by atoms with E-state index in [0.29, 0.717) is 18.5 Å². The molecule has 27 heavy (non-hydrogen) atoms. The monoisotopic (exact) mass is 406 g/mol. The molecule has 0 aliphatic heterocycles. The van der Waals surface area contributed by atoms with E-state index in [1.54, 1.807) is 0 Å². The molecule has 0 unspecified atom stereocenters. The lowest BCUT2D eigenvalue weighted by molar-refractivity contribution is -0.570. The zero-order chi connectivity index (χ0) is 17.5. The third-order valence-corrected chi connectivity index (χ3v) is 3.99. The highest BCUT2D eigenvalue weighted by atomic mass is 35.5. The van der Waals surface area contributed by atoms with Gasteiger partial charge in [-0.1, -0.05) is 18.2 Å². The molecule has 0 amide bonds. The van der Waals surface area contributed by atoms with Crippen molar-refractivity contribution in [3.8, 4) is 0 Å². The molecule has 0 aromatic heterocycles. The van der Waals surface area contributed by atoms with Crippen molar-refractivity contribution in [3.05, 3.63) is 90.2 Å². The summed E-state index contributed by atoms with van der Waals surface area (Å²) in [5.41, 5.74) is 3.97. The Balaban J connectivity index is 0.00000182. The molecule has 0 radical (unpaired) electrons. The quantitative estimate of drug-likeness (QED) is 0.315. The number of nitrogens with two attached hydrogens (primary N) is 2. The molecule has 3 rings (SSSR count). The maximum atomic E-state index is 12.9. The highest BCUT2D eigenvalue weighted by Gasteiger charge is 2.08. The van der Waals surface area contributed by atoms with Gasteiger partial charge in [0.15, 0.2) is 5.78 Å². The first-order chi connectivity index (χ1) is 12.2. The second-order valence-electron chi connectivity index (χ2n) is 5.89. The lowest BCUT2D eigenvalue weighted by Crippen LogP contribution is -3.00. The van der Waals surface area contributed by atoms with Crippen LogP contribution in [0.3, 0.4) is 0 Å². The Morgan fingerprint density at radius 2 is 1.30 bits per heavy atom. The Labute approximate surface area is 170 Å². The summed E-state index contributed by atoms with van der Waals surface area (Å²) in [6.07, 6.45) is 0.420. The van der Waals surface area contributed by atoms with Crippen molar-refractivity contribution in [2.24, 2.45) is 0 Å². The smallest absolute Gasteiger partial charge is 0.168 e. The molecule has 142 valence electrons. The molecule has 0 aliphatic rings. The molecule has 0 heterocycles. The summed E-state index contributed by atoms with van der Waals surface area (Å²) in [5, 5.41) is 4.18. The summed E-state index contributed by atoms with van der Waals surface area (Å²) in [4.78, 5) is 12.1. The molecule has 6 heteroatoms. The van der Waals surface area contributed by atoms with Crippen LogP contribution in [0.5, 0.6) is 0 Å². The lowest BCUT2D eigenvalue weighted by atomic mass is 10.1. The Hall–Kier alpha value is -2.24. The summed E-state index contributed by atoms with van der Waals surface area (Å²) in [6, 6.07) is 24.1. The molecule has 0 saturated heterocycles. The largest absolute Gasteiger partial charge is 1.00 e. The van der Waals surface area contributed by atoms with E-state index in [4.69, 9.17) is 0 Å². The summed E-state index contributed by atoms with van der Waals surface area (Å²) in [7, 11) is 0. The molecular weight excluding hydrogens is 386 g/mol. The van der Waals surface area contributed by atoms with Crippen molar-refractivity contribution >= 4 is 22.8 Å². The number of benzene rings is 3. The highest BCUT2D eigenvalue weighted by Crippen LogP contribution is 2.08.